The van der Waals surface area contributed by atoms with Crippen molar-refractivity contribution in [2.45, 2.75) is 26.7 Å². The highest BCUT2D eigenvalue weighted by atomic mass is 32.1. The van der Waals surface area contributed by atoms with E-state index in [2.05, 4.69) is 42.3 Å². The second-order valence-corrected chi connectivity index (χ2v) is 6.70. The maximum atomic E-state index is 12.1. The van der Waals surface area contributed by atoms with Crippen LogP contribution in [0.5, 0.6) is 0 Å². The number of hydrogen-bond donors (Lipinski definition) is 1. The molecule has 1 heterocycles. The van der Waals surface area contributed by atoms with Gasteiger partial charge in [0.2, 0.25) is 5.91 Å². The zero-order chi connectivity index (χ0) is 15.7. The number of thiocarbonyl (C=S) groups is 1. The van der Waals surface area contributed by atoms with Gasteiger partial charge in [-0.1, -0.05) is 6.07 Å². The fourth-order valence-corrected chi connectivity index (χ4v) is 3.04. The van der Waals surface area contributed by atoms with E-state index in [1.54, 1.807) is 0 Å². The largest absolute Gasteiger partial charge is 0.345 e. The first kappa shape index (κ1) is 15.3. The Kier molecular flexibility index (Phi) is 4.34. The fourth-order valence-electron chi connectivity index (χ4n) is 2.74. The molecule has 0 spiro atoms. The predicted octanol–water partition coefficient (Wildman–Crippen LogP) is 2.55. The molecule has 5 heteroatoms. The molecule has 0 unspecified atom stereocenters. The first-order chi connectivity index (χ1) is 10.5. The number of amides is 1. The van der Waals surface area contributed by atoms with Crippen molar-refractivity contribution in [3.8, 4) is 0 Å². The molecule has 1 amide bonds. The molecule has 0 aromatic heterocycles. The van der Waals surface area contributed by atoms with Crippen LogP contribution in [-0.4, -0.2) is 47.0 Å². The standard InChI is InChI=1S/C17H23N3OS/c1-12-3-6-15(11-13(12)2)18-17(22)20-9-7-19(8-10-20)16(21)14-4-5-14/h3,6,11,14H,4-5,7-10H2,1-2H3,(H,18,22). The Morgan fingerprint density at radius 3 is 2.32 bits per heavy atom. The molecule has 4 nitrogen and oxygen atoms in total. The van der Waals surface area contributed by atoms with Gasteiger partial charge in [0.15, 0.2) is 5.11 Å². The number of aryl methyl sites for hydroxylation is 2. The molecule has 3 rings (SSSR count). The van der Waals surface area contributed by atoms with Gasteiger partial charge in [-0.05, 0) is 62.2 Å². The first-order valence-corrected chi connectivity index (χ1v) is 8.37. The topological polar surface area (TPSA) is 35.6 Å². The Balaban J connectivity index is 1.53. The molecule has 1 aliphatic carbocycles. The summed E-state index contributed by atoms with van der Waals surface area (Å²) in [6, 6.07) is 6.28. The van der Waals surface area contributed by atoms with Gasteiger partial charge in [-0.15, -0.1) is 0 Å². The zero-order valence-corrected chi connectivity index (χ0v) is 14.1. The average molecular weight is 317 g/mol. The van der Waals surface area contributed by atoms with E-state index in [0.717, 1.165) is 49.8 Å². The molecule has 0 atom stereocenters. The lowest BCUT2D eigenvalue weighted by molar-refractivity contribution is -0.133. The summed E-state index contributed by atoms with van der Waals surface area (Å²) in [4.78, 5) is 16.2. The van der Waals surface area contributed by atoms with Crippen molar-refractivity contribution in [1.82, 2.24) is 9.80 Å². The van der Waals surface area contributed by atoms with E-state index in [0.29, 0.717) is 11.8 Å². The van der Waals surface area contributed by atoms with Gasteiger partial charge in [0.25, 0.3) is 0 Å². The summed E-state index contributed by atoms with van der Waals surface area (Å²) in [7, 11) is 0. The van der Waals surface area contributed by atoms with Gasteiger partial charge in [-0.2, -0.15) is 0 Å². The number of carbonyl (C=O) groups excluding carboxylic acids is 1. The van der Waals surface area contributed by atoms with Crippen LogP contribution >= 0.6 is 12.2 Å². The second-order valence-electron chi connectivity index (χ2n) is 6.32. The van der Waals surface area contributed by atoms with Crippen LogP contribution in [0.25, 0.3) is 0 Å². The van der Waals surface area contributed by atoms with Gasteiger partial charge in [-0.25, -0.2) is 0 Å². The molecule has 0 radical (unpaired) electrons. The van der Waals surface area contributed by atoms with Gasteiger partial charge >= 0.3 is 0 Å². The van der Waals surface area contributed by atoms with Gasteiger partial charge < -0.3 is 15.1 Å². The molecule has 1 aliphatic heterocycles. The van der Waals surface area contributed by atoms with E-state index in [9.17, 15) is 4.79 Å². The van der Waals surface area contributed by atoms with Crippen molar-refractivity contribution in [3.05, 3.63) is 29.3 Å². The van der Waals surface area contributed by atoms with Crippen LogP contribution in [0.2, 0.25) is 0 Å². The zero-order valence-electron chi connectivity index (χ0n) is 13.3. The maximum absolute atomic E-state index is 12.1. The van der Waals surface area contributed by atoms with Crippen LogP contribution in [0, 0.1) is 19.8 Å². The molecule has 2 aliphatic rings. The van der Waals surface area contributed by atoms with Crippen molar-refractivity contribution in [2.24, 2.45) is 5.92 Å². The first-order valence-electron chi connectivity index (χ1n) is 7.96. The summed E-state index contributed by atoms with van der Waals surface area (Å²) < 4.78 is 0. The fraction of sp³-hybridized carbons (Fsp3) is 0.529. The highest BCUT2D eigenvalue weighted by Crippen LogP contribution is 2.31. The van der Waals surface area contributed by atoms with E-state index in [1.165, 1.54) is 11.1 Å². The van der Waals surface area contributed by atoms with Crippen molar-refractivity contribution in [2.75, 3.05) is 31.5 Å². The molecule has 1 saturated carbocycles. The monoisotopic (exact) mass is 317 g/mol. The number of rotatable bonds is 2. The number of nitrogens with one attached hydrogen (secondary N) is 1. The van der Waals surface area contributed by atoms with E-state index in [1.807, 2.05) is 4.90 Å². The van der Waals surface area contributed by atoms with Gasteiger partial charge in [-0.3, -0.25) is 4.79 Å². The second kappa shape index (κ2) is 6.24. The molecule has 1 N–H and O–H groups in total. The van der Waals surface area contributed by atoms with Crippen molar-refractivity contribution >= 4 is 28.9 Å². The minimum Gasteiger partial charge on any atom is -0.345 e. The third-order valence-electron chi connectivity index (χ3n) is 4.56. The highest BCUT2D eigenvalue weighted by Gasteiger charge is 2.34. The molecule has 118 valence electrons. The van der Waals surface area contributed by atoms with E-state index < -0.39 is 0 Å². The van der Waals surface area contributed by atoms with E-state index in [4.69, 9.17) is 12.2 Å². The molecule has 1 saturated heterocycles. The van der Waals surface area contributed by atoms with Gasteiger partial charge in [0, 0.05) is 37.8 Å². The lowest BCUT2D eigenvalue weighted by Gasteiger charge is -2.36. The predicted molar refractivity (Wildman–Crippen MR) is 93.0 cm³/mol. The van der Waals surface area contributed by atoms with Crippen LogP contribution in [0.4, 0.5) is 5.69 Å². The minimum absolute atomic E-state index is 0.312. The van der Waals surface area contributed by atoms with Crippen molar-refractivity contribution in [3.63, 3.8) is 0 Å². The van der Waals surface area contributed by atoms with Crippen LogP contribution in [0.3, 0.4) is 0 Å². The van der Waals surface area contributed by atoms with Crippen LogP contribution in [0.15, 0.2) is 18.2 Å². The molecule has 0 bridgehead atoms. The van der Waals surface area contributed by atoms with Crippen LogP contribution in [-0.2, 0) is 4.79 Å². The van der Waals surface area contributed by atoms with Crippen LogP contribution < -0.4 is 5.32 Å². The Labute approximate surface area is 137 Å². The normalized spacial score (nSPS) is 18.3. The lowest BCUT2D eigenvalue weighted by Crippen LogP contribution is -2.52. The molecule has 1 aromatic rings. The quantitative estimate of drug-likeness (QED) is 0.851. The summed E-state index contributed by atoms with van der Waals surface area (Å²) >= 11 is 5.51. The number of hydrogen-bond acceptors (Lipinski definition) is 2. The summed E-state index contributed by atoms with van der Waals surface area (Å²) in [5, 5.41) is 4.06. The summed E-state index contributed by atoms with van der Waals surface area (Å²) in [6.07, 6.45) is 2.15. The molecular weight excluding hydrogens is 294 g/mol. The maximum Gasteiger partial charge on any atom is 0.225 e. The third-order valence-corrected chi connectivity index (χ3v) is 4.92. The molecule has 2 fully saturated rings. The Hall–Kier alpha value is -1.62. The Bertz CT molecular complexity index is 590. The van der Waals surface area contributed by atoms with E-state index in [-0.39, 0.29) is 0 Å². The van der Waals surface area contributed by atoms with Gasteiger partial charge in [0.1, 0.15) is 0 Å². The average Bonchev–Trinajstić information content (AvgIpc) is 3.35. The molecular formula is C17H23N3OS. The number of benzene rings is 1. The minimum atomic E-state index is 0.312. The summed E-state index contributed by atoms with van der Waals surface area (Å²) in [5.74, 6) is 0.653. The lowest BCUT2D eigenvalue weighted by atomic mass is 10.1. The number of anilines is 1. The Morgan fingerprint density at radius 2 is 1.73 bits per heavy atom. The highest BCUT2D eigenvalue weighted by molar-refractivity contribution is 7.80. The smallest absolute Gasteiger partial charge is 0.225 e. The summed E-state index contributed by atoms with van der Waals surface area (Å²) in [6.45, 7) is 7.40. The van der Waals surface area contributed by atoms with Crippen molar-refractivity contribution in [1.29, 1.82) is 0 Å². The summed E-state index contributed by atoms with van der Waals surface area (Å²) in [5.41, 5.74) is 3.57. The number of carbonyl (C=O) groups is 1. The van der Waals surface area contributed by atoms with E-state index >= 15 is 0 Å². The van der Waals surface area contributed by atoms with Crippen molar-refractivity contribution < 1.29 is 4.79 Å². The SMILES string of the molecule is Cc1ccc(NC(=S)N2CCN(C(=O)C3CC3)CC2)cc1C. The molecule has 22 heavy (non-hydrogen) atoms. The number of nitrogens with zero attached hydrogens (tertiary/aromatic N) is 2. The van der Waals surface area contributed by atoms with Gasteiger partial charge in [0.05, 0.1) is 0 Å². The number of piperazine rings is 1. The Morgan fingerprint density at radius 1 is 1.09 bits per heavy atom. The van der Waals surface area contributed by atoms with Crippen LogP contribution in [0.1, 0.15) is 24.0 Å². The third kappa shape index (κ3) is 3.40. The molecule has 1 aromatic carbocycles.